The second-order valence-electron chi connectivity index (χ2n) is 33.4. The Bertz CT molecular complexity index is 5530. The van der Waals surface area contributed by atoms with Crippen LogP contribution in [0.15, 0.2) is 143 Å². The summed E-state index contributed by atoms with van der Waals surface area (Å²) in [6.45, 7) is 38.5. The Balaban J connectivity index is 0.000000177. The van der Waals surface area contributed by atoms with Crippen LogP contribution < -0.4 is 38.3 Å². The van der Waals surface area contributed by atoms with Crippen LogP contribution in [-0.4, -0.2) is 224 Å². The molecule has 0 unspecified atom stereocenters. The minimum absolute atomic E-state index is 0.00108. The number of benzene rings is 5. The molecule has 8 aromatic heterocycles. The Morgan fingerprint density at radius 1 is 0.384 bits per heavy atom. The van der Waals surface area contributed by atoms with Crippen LogP contribution in [0.25, 0.3) is 88.5 Å². The summed E-state index contributed by atoms with van der Waals surface area (Å²) in [7, 11) is 20.8. The van der Waals surface area contributed by atoms with Crippen molar-refractivity contribution in [3.05, 3.63) is 188 Å². The molecule has 0 fully saturated rings. The number of pyridine rings is 5. The van der Waals surface area contributed by atoms with E-state index < -0.39 is 0 Å². The Hall–Kier alpha value is -12.4. The molecular formula is C95H131N27O3. The zero-order valence-corrected chi connectivity index (χ0v) is 78.0. The second-order valence-corrected chi connectivity index (χ2v) is 33.4. The van der Waals surface area contributed by atoms with E-state index in [0.29, 0.717) is 29.7 Å². The van der Waals surface area contributed by atoms with Crippen molar-refractivity contribution in [3.63, 3.8) is 0 Å². The fraction of sp³-hybridized carbons (Fsp3) is 0.421. The Labute approximate surface area is 736 Å². The summed E-state index contributed by atoms with van der Waals surface area (Å²) >= 11 is 0. The summed E-state index contributed by atoms with van der Waals surface area (Å²) in [6.07, 6.45) is 14.3. The van der Waals surface area contributed by atoms with E-state index in [0.717, 1.165) is 242 Å². The highest BCUT2D eigenvalue weighted by molar-refractivity contribution is 6.11. The molecule has 0 amide bonds. The predicted molar refractivity (Wildman–Crippen MR) is 515 cm³/mol. The SMILES string of the molecule is CCN=C(N=NN)c1cnc2c(C)cc(C)cc2c1NCCCN(C)C.Cc1cc(C)c2ncc(-c3cc(C)no3)c(NCCCN(C)C)c2c1.Cc1cc(C)c2ncc(-c3cc(C)on3)c(NCCCN(C)C)c2c1.Cc1cc(C)c2ncc(-c3nnc(C)o3)c(NCCCN(C)C)c2c1.Cc1cc(C)c2ncc(C(=N)N=NN)c(NCCCN(C)C)c2c1. The van der Waals surface area contributed by atoms with Gasteiger partial charge in [0, 0.05) is 122 Å². The van der Waals surface area contributed by atoms with E-state index in [2.05, 4.69) is 311 Å². The zero-order valence-electron chi connectivity index (χ0n) is 78.0. The number of nitrogens with two attached hydrogens (primary N) is 2. The maximum absolute atomic E-state index is 8.07. The van der Waals surface area contributed by atoms with Crippen LogP contribution in [0, 0.1) is 95.4 Å². The molecule has 0 aliphatic rings. The van der Waals surface area contributed by atoms with Gasteiger partial charge in [-0.05, 0) is 283 Å². The average Bonchev–Trinajstić information content (AvgIpc) is 1.77. The number of aromatic nitrogens is 9. The number of nitrogens with zero attached hydrogens (tertiary/aromatic N) is 19. The molecule has 10 N–H and O–H groups in total. The van der Waals surface area contributed by atoms with Crippen LogP contribution in [0.3, 0.4) is 0 Å². The average molecular weight is 1700 g/mol. The topological polar surface area (TPSA) is 369 Å². The quantitative estimate of drug-likeness (QED) is 0.00499. The van der Waals surface area contributed by atoms with Gasteiger partial charge >= 0.3 is 0 Å². The summed E-state index contributed by atoms with van der Waals surface area (Å²) in [4.78, 5) is 38.5. The molecule has 0 atom stereocenters. The number of hydrogen-bond donors (Lipinski definition) is 8. The fourth-order valence-corrected chi connectivity index (χ4v) is 15.1. The normalized spacial score (nSPS) is 11.7. The van der Waals surface area contributed by atoms with Gasteiger partial charge in [-0.15, -0.1) is 20.4 Å². The lowest BCUT2D eigenvalue weighted by atomic mass is 10.0. The smallest absolute Gasteiger partial charge is 0.251 e. The lowest BCUT2D eigenvalue weighted by molar-refractivity contribution is 0.399. The molecule has 0 radical (unpaired) electrons. The van der Waals surface area contributed by atoms with E-state index in [1.807, 2.05) is 64.6 Å². The number of hydrogen-bond acceptors (Lipinski definition) is 26. The standard InChI is InChI=1S/2C20H26N4O.C19H29N7.C19H25N5O.C17H25N7/c1-13-9-14(2)19-16(10-13)20(21-7-6-8-24(4)5)17(12-22-19)18-11-15(3)25-23-18;1-13-9-14(2)19-16(10-13)20(21-7-6-8-24(4)5)17(12-22-19)18-11-15(3)23-25-18;1-6-21-19(24-25-20)16-12-23-17-14(3)10-13(2)11-15(17)18(16)22-8-7-9-26(4)5;1-12-9-13(2)17-15(10-12)18(20-7-6-8-24(4)5)16(11-21-17)19-23-22-14(3)25-19;1-11-8-12(2)15-13(9-11)16(20-6-5-7-24(3)4)14(10-21-15)17(18)22-23-19/h2*9-12H,6-8H2,1-5H3,(H,21,22);10-12H,6-9H2,1-5H3,(H,22,23)(H2,20,21,24);9-11H,6-8H2,1-5H3,(H,20,21);8-10H,5-7H2,1-4H3,(H,20,21)(H3,18,19,22). The van der Waals surface area contributed by atoms with Gasteiger partial charge in [-0.25, -0.2) is 0 Å². The molecule has 0 spiro atoms. The summed E-state index contributed by atoms with van der Waals surface area (Å²) in [5.74, 6) is 13.5. The van der Waals surface area contributed by atoms with Crippen LogP contribution in [0.2, 0.25) is 0 Å². The van der Waals surface area contributed by atoms with Crippen molar-refractivity contribution in [1.82, 2.24) is 69.9 Å². The van der Waals surface area contributed by atoms with Gasteiger partial charge in [-0.3, -0.25) is 35.3 Å². The molecule has 0 saturated heterocycles. The maximum atomic E-state index is 8.07. The fourth-order valence-electron chi connectivity index (χ4n) is 15.1. The van der Waals surface area contributed by atoms with Gasteiger partial charge in [0.05, 0.1) is 84.0 Å². The molecule has 8 heterocycles. The molecule has 0 saturated carbocycles. The zero-order chi connectivity index (χ0) is 90.7. The minimum atomic E-state index is 0.00108. The molecule has 125 heavy (non-hydrogen) atoms. The molecule has 5 aromatic carbocycles. The minimum Gasteiger partial charge on any atom is -0.421 e. The molecule has 13 aromatic rings. The number of rotatable bonds is 31. The van der Waals surface area contributed by atoms with Gasteiger partial charge in [-0.1, -0.05) is 78.9 Å². The molecule has 30 nitrogen and oxygen atoms in total. The number of fused-ring (bicyclic) bond motifs is 5. The Morgan fingerprint density at radius 2 is 0.728 bits per heavy atom. The first-order chi connectivity index (χ1) is 59.8. The Morgan fingerprint density at radius 3 is 1.07 bits per heavy atom. The van der Waals surface area contributed by atoms with E-state index in [4.69, 9.17) is 35.5 Å². The first kappa shape index (κ1) is 96.5. The van der Waals surface area contributed by atoms with Crippen LogP contribution >= 0.6 is 0 Å². The molecule has 0 bridgehead atoms. The first-order valence-corrected chi connectivity index (χ1v) is 42.7. The van der Waals surface area contributed by atoms with Gasteiger partial charge in [-0.2, -0.15) is 0 Å². The number of amidine groups is 2. The van der Waals surface area contributed by atoms with Crippen LogP contribution in [-0.2, 0) is 0 Å². The molecule has 0 aliphatic carbocycles. The molecule has 13 rings (SSSR count). The number of nitrogens with one attached hydrogen (secondary N) is 6. The molecule has 30 heteroatoms. The van der Waals surface area contributed by atoms with Crippen molar-refractivity contribution in [2.75, 3.05) is 169 Å². The van der Waals surface area contributed by atoms with Gasteiger partial charge in [0.25, 0.3) is 5.89 Å². The Kier molecular flexibility index (Phi) is 35.8. The van der Waals surface area contributed by atoms with Gasteiger partial charge in [0.15, 0.2) is 17.4 Å². The maximum Gasteiger partial charge on any atom is 0.251 e. The third-order valence-electron chi connectivity index (χ3n) is 20.6. The van der Waals surface area contributed by atoms with E-state index in [1.165, 1.54) is 38.9 Å². The summed E-state index contributed by atoms with van der Waals surface area (Å²) in [6, 6.07) is 25.4. The number of anilines is 5. The third-order valence-corrected chi connectivity index (χ3v) is 20.6. The summed E-state index contributed by atoms with van der Waals surface area (Å²) in [5.41, 5.74) is 27.7. The molecular weight excluding hydrogens is 1570 g/mol. The lowest BCUT2D eigenvalue weighted by Crippen LogP contribution is -2.17. The van der Waals surface area contributed by atoms with E-state index in [9.17, 15) is 0 Å². The first-order valence-electron chi connectivity index (χ1n) is 42.7. The van der Waals surface area contributed by atoms with Crippen molar-refractivity contribution in [1.29, 1.82) is 5.41 Å². The number of aryl methyl sites for hydroxylation is 13. The highest BCUT2D eigenvalue weighted by atomic mass is 16.5. The predicted octanol–water partition coefficient (Wildman–Crippen LogP) is 18.1. The largest absolute Gasteiger partial charge is 0.421 e. The van der Waals surface area contributed by atoms with Gasteiger partial charge < -0.3 is 76.2 Å². The van der Waals surface area contributed by atoms with Crippen LogP contribution in [0.4, 0.5) is 28.4 Å². The van der Waals surface area contributed by atoms with Crippen molar-refractivity contribution in [2.24, 2.45) is 37.4 Å². The molecule has 664 valence electrons. The summed E-state index contributed by atoms with van der Waals surface area (Å²) in [5, 5.41) is 62.1. The lowest BCUT2D eigenvalue weighted by Gasteiger charge is -2.16. The van der Waals surface area contributed by atoms with Crippen molar-refractivity contribution in [3.8, 4) is 34.0 Å². The second kappa shape index (κ2) is 46.4. The molecule has 0 aliphatic heterocycles. The number of aliphatic imine (C=N–C) groups is 1. The van der Waals surface area contributed by atoms with E-state index >= 15 is 0 Å². The highest BCUT2D eigenvalue weighted by Crippen LogP contribution is 2.40. The monoisotopic (exact) mass is 1700 g/mol. The van der Waals surface area contributed by atoms with Gasteiger partial charge in [0.2, 0.25) is 5.89 Å². The van der Waals surface area contributed by atoms with Crippen LogP contribution in [0.5, 0.6) is 0 Å². The van der Waals surface area contributed by atoms with E-state index in [1.54, 1.807) is 13.1 Å². The van der Waals surface area contributed by atoms with Crippen LogP contribution in [0.1, 0.15) is 123 Å². The third kappa shape index (κ3) is 26.8. The van der Waals surface area contributed by atoms with Crippen molar-refractivity contribution in [2.45, 2.75) is 129 Å². The van der Waals surface area contributed by atoms with Crippen molar-refractivity contribution >= 4 is 94.6 Å². The highest BCUT2D eigenvalue weighted by Gasteiger charge is 2.23. The van der Waals surface area contributed by atoms with Gasteiger partial charge in [0.1, 0.15) is 11.5 Å². The van der Waals surface area contributed by atoms with Crippen molar-refractivity contribution < 1.29 is 13.5 Å². The van der Waals surface area contributed by atoms with E-state index in [-0.39, 0.29) is 5.84 Å². The summed E-state index contributed by atoms with van der Waals surface area (Å²) < 4.78 is 16.4.